The lowest BCUT2D eigenvalue weighted by Gasteiger charge is -2.17. The van der Waals surface area contributed by atoms with Crippen LogP contribution in [0.4, 0.5) is 0 Å². The summed E-state index contributed by atoms with van der Waals surface area (Å²) in [4.78, 5) is 2.19. The fourth-order valence-electron chi connectivity index (χ4n) is 1.14. The summed E-state index contributed by atoms with van der Waals surface area (Å²) in [6.07, 6.45) is -0.289. The molecule has 0 saturated carbocycles. The van der Waals surface area contributed by atoms with Gasteiger partial charge in [0.25, 0.3) is 0 Å². The fourth-order valence-corrected chi connectivity index (χ4v) is 1.14. The summed E-state index contributed by atoms with van der Waals surface area (Å²) in [5, 5.41) is 9.22. The molecule has 1 unspecified atom stereocenters. The van der Waals surface area contributed by atoms with Gasteiger partial charge in [0.05, 0.1) is 19.3 Å². The van der Waals surface area contributed by atoms with E-state index in [0.29, 0.717) is 6.61 Å². The molecule has 1 saturated heterocycles. The molecule has 0 aliphatic carbocycles. The van der Waals surface area contributed by atoms with Crippen LogP contribution in [-0.4, -0.2) is 49.0 Å². The van der Waals surface area contributed by atoms with E-state index in [2.05, 4.69) is 11.8 Å². The first-order valence-corrected chi connectivity index (χ1v) is 3.81. The number of rotatable bonds is 1. The van der Waals surface area contributed by atoms with Gasteiger partial charge in [-0.05, 0) is 6.54 Å². The minimum absolute atomic E-state index is 0.289. The third-order valence-corrected chi connectivity index (χ3v) is 1.78. The van der Waals surface area contributed by atoms with Crippen LogP contribution in [0.3, 0.4) is 0 Å². The Morgan fingerprint density at radius 2 is 2.50 bits per heavy atom. The van der Waals surface area contributed by atoms with Crippen molar-refractivity contribution in [1.29, 1.82) is 0 Å². The highest BCUT2D eigenvalue weighted by Gasteiger charge is 2.13. The lowest BCUT2D eigenvalue weighted by Crippen LogP contribution is -2.32. The molecule has 1 aliphatic heterocycles. The zero-order chi connectivity index (χ0) is 7.40. The summed E-state index contributed by atoms with van der Waals surface area (Å²) in [7, 11) is 0. The average molecular weight is 145 g/mol. The number of aliphatic hydroxyl groups is 1. The van der Waals surface area contributed by atoms with Crippen LogP contribution in [0.25, 0.3) is 0 Å². The first-order chi connectivity index (χ1) is 4.83. The molecule has 0 bridgehead atoms. The van der Waals surface area contributed by atoms with Gasteiger partial charge in [0, 0.05) is 13.1 Å². The van der Waals surface area contributed by atoms with Gasteiger partial charge in [-0.3, -0.25) is 4.90 Å². The van der Waals surface area contributed by atoms with E-state index in [1.165, 1.54) is 0 Å². The molecular weight excluding hydrogens is 130 g/mol. The lowest BCUT2D eigenvalue weighted by molar-refractivity contribution is 0.0567. The van der Waals surface area contributed by atoms with Gasteiger partial charge in [0.1, 0.15) is 0 Å². The van der Waals surface area contributed by atoms with Crippen LogP contribution in [0.15, 0.2) is 0 Å². The Morgan fingerprint density at radius 3 is 3.20 bits per heavy atom. The molecule has 0 aromatic carbocycles. The molecule has 0 aromatic rings. The second-order valence-electron chi connectivity index (χ2n) is 2.62. The van der Waals surface area contributed by atoms with Crippen LogP contribution >= 0.6 is 0 Å². The average Bonchev–Trinajstić information content (AvgIpc) is 2.13. The SMILES string of the molecule is CCN1CCOCC(O)C1. The number of nitrogens with zero attached hydrogens (tertiary/aromatic N) is 1. The summed E-state index contributed by atoms with van der Waals surface area (Å²) >= 11 is 0. The highest BCUT2D eigenvalue weighted by molar-refractivity contribution is 4.65. The van der Waals surface area contributed by atoms with Crippen molar-refractivity contribution < 1.29 is 9.84 Å². The predicted octanol–water partition coefficient (Wildman–Crippen LogP) is -0.301. The second kappa shape index (κ2) is 3.91. The summed E-state index contributed by atoms with van der Waals surface area (Å²) in [6.45, 7) is 6.06. The molecule has 3 nitrogen and oxygen atoms in total. The van der Waals surface area contributed by atoms with E-state index >= 15 is 0 Å². The Morgan fingerprint density at radius 1 is 1.70 bits per heavy atom. The van der Waals surface area contributed by atoms with Crippen LogP contribution in [0, 0.1) is 0 Å². The quantitative estimate of drug-likeness (QED) is 0.550. The smallest absolute Gasteiger partial charge is 0.0900 e. The Kier molecular flexibility index (Phi) is 3.12. The van der Waals surface area contributed by atoms with Crippen molar-refractivity contribution in [1.82, 2.24) is 4.90 Å². The van der Waals surface area contributed by atoms with Gasteiger partial charge in [0.15, 0.2) is 0 Å². The second-order valence-corrected chi connectivity index (χ2v) is 2.62. The number of hydrogen-bond donors (Lipinski definition) is 1. The lowest BCUT2D eigenvalue weighted by atomic mass is 10.3. The third kappa shape index (κ3) is 2.25. The summed E-state index contributed by atoms with van der Waals surface area (Å²) in [5.74, 6) is 0. The van der Waals surface area contributed by atoms with Crippen LogP contribution in [0.5, 0.6) is 0 Å². The maximum Gasteiger partial charge on any atom is 0.0900 e. The number of ether oxygens (including phenoxy) is 1. The molecule has 60 valence electrons. The number of likely N-dealkylation sites (N-methyl/N-ethyl adjacent to an activating group) is 1. The molecule has 1 fully saturated rings. The van der Waals surface area contributed by atoms with Crippen molar-refractivity contribution in [2.75, 3.05) is 32.8 Å². The van der Waals surface area contributed by atoms with Gasteiger partial charge in [-0.1, -0.05) is 6.92 Å². The van der Waals surface area contributed by atoms with E-state index in [-0.39, 0.29) is 6.10 Å². The van der Waals surface area contributed by atoms with Crippen LogP contribution in [-0.2, 0) is 4.74 Å². The van der Waals surface area contributed by atoms with Crippen LogP contribution in [0.1, 0.15) is 6.92 Å². The molecule has 0 spiro atoms. The van der Waals surface area contributed by atoms with Crippen molar-refractivity contribution in [3.05, 3.63) is 0 Å². The van der Waals surface area contributed by atoms with Crippen molar-refractivity contribution in [3.63, 3.8) is 0 Å². The van der Waals surface area contributed by atoms with E-state index < -0.39 is 0 Å². The first kappa shape index (κ1) is 7.98. The standard InChI is InChI=1S/C7H15NO2/c1-2-8-3-4-10-6-7(9)5-8/h7,9H,2-6H2,1H3. The molecule has 3 heteroatoms. The largest absolute Gasteiger partial charge is 0.389 e. The van der Waals surface area contributed by atoms with Gasteiger partial charge in [-0.15, -0.1) is 0 Å². The predicted molar refractivity (Wildman–Crippen MR) is 38.9 cm³/mol. The van der Waals surface area contributed by atoms with E-state index in [4.69, 9.17) is 4.74 Å². The van der Waals surface area contributed by atoms with E-state index in [0.717, 1.165) is 26.2 Å². The van der Waals surface area contributed by atoms with Crippen molar-refractivity contribution in [2.24, 2.45) is 0 Å². The molecule has 1 heterocycles. The maximum atomic E-state index is 9.22. The third-order valence-electron chi connectivity index (χ3n) is 1.78. The Bertz CT molecular complexity index is 97.6. The van der Waals surface area contributed by atoms with Crippen molar-refractivity contribution >= 4 is 0 Å². The van der Waals surface area contributed by atoms with Crippen molar-refractivity contribution in [3.8, 4) is 0 Å². The molecule has 0 aromatic heterocycles. The van der Waals surface area contributed by atoms with Gasteiger partial charge in [-0.25, -0.2) is 0 Å². The summed E-state index contributed by atoms with van der Waals surface area (Å²) in [5.41, 5.74) is 0. The number of aliphatic hydroxyl groups excluding tert-OH is 1. The molecule has 1 atom stereocenters. The van der Waals surface area contributed by atoms with E-state index in [9.17, 15) is 5.11 Å². The van der Waals surface area contributed by atoms with Crippen LogP contribution < -0.4 is 0 Å². The highest BCUT2D eigenvalue weighted by atomic mass is 16.5. The maximum absolute atomic E-state index is 9.22. The Hall–Kier alpha value is -0.120. The van der Waals surface area contributed by atoms with Crippen LogP contribution in [0.2, 0.25) is 0 Å². The van der Waals surface area contributed by atoms with Gasteiger partial charge >= 0.3 is 0 Å². The van der Waals surface area contributed by atoms with Gasteiger partial charge < -0.3 is 9.84 Å². The van der Waals surface area contributed by atoms with E-state index in [1.54, 1.807) is 0 Å². The Labute approximate surface area is 61.6 Å². The molecule has 10 heavy (non-hydrogen) atoms. The minimum Gasteiger partial charge on any atom is -0.389 e. The Balaban J connectivity index is 2.30. The molecule has 1 aliphatic rings. The molecule has 0 radical (unpaired) electrons. The monoisotopic (exact) mass is 145 g/mol. The first-order valence-electron chi connectivity index (χ1n) is 3.81. The number of β-amino-alcohol motifs (C(OH)–C–C–N with tert-alkyl or cyclic N) is 1. The molecular formula is C7H15NO2. The zero-order valence-corrected chi connectivity index (χ0v) is 6.42. The summed E-state index contributed by atoms with van der Waals surface area (Å²) in [6, 6.07) is 0. The van der Waals surface area contributed by atoms with Gasteiger partial charge in [0.2, 0.25) is 0 Å². The fraction of sp³-hybridized carbons (Fsp3) is 1.00. The molecule has 0 amide bonds. The minimum atomic E-state index is -0.289. The molecule has 1 rings (SSSR count). The summed E-state index contributed by atoms with van der Waals surface area (Å²) < 4.78 is 5.15. The van der Waals surface area contributed by atoms with Gasteiger partial charge in [-0.2, -0.15) is 0 Å². The number of hydrogen-bond acceptors (Lipinski definition) is 3. The van der Waals surface area contributed by atoms with Crippen molar-refractivity contribution in [2.45, 2.75) is 13.0 Å². The molecule has 1 N–H and O–H groups in total. The zero-order valence-electron chi connectivity index (χ0n) is 6.42. The topological polar surface area (TPSA) is 32.7 Å². The highest BCUT2D eigenvalue weighted by Crippen LogP contribution is 1.98. The van der Waals surface area contributed by atoms with E-state index in [1.807, 2.05) is 0 Å². The normalized spacial score (nSPS) is 30.0.